The number of carboxylic acid groups (broad SMARTS) is 1. The zero-order valence-corrected chi connectivity index (χ0v) is 25.4. The maximum absolute atomic E-state index is 15.2. The smallest absolute Gasteiger partial charge is 0.328 e. The summed E-state index contributed by atoms with van der Waals surface area (Å²) in [6.07, 6.45) is -0.242. The molecule has 0 atom stereocenters. The Kier molecular flexibility index (Phi) is 8.50. The van der Waals surface area contributed by atoms with Crippen molar-refractivity contribution in [3.63, 3.8) is 0 Å². The lowest BCUT2D eigenvalue weighted by atomic mass is 9.97. The fourth-order valence-corrected chi connectivity index (χ4v) is 5.87. The molecule has 47 heavy (non-hydrogen) atoms. The number of hydrogen-bond acceptors (Lipinski definition) is 3. The molecule has 0 spiro atoms. The normalized spacial score (nSPS) is 14.6. The van der Waals surface area contributed by atoms with Crippen LogP contribution in [0.15, 0.2) is 133 Å². The van der Waals surface area contributed by atoms with Crippen LogP contribution in [0, 0.1) is 6.92 Å². The number of rotatable bonds is 6. The molecular weight excluding hydrogens is 598 g/mol. The van der Waals surface area contributed by atoms with Gasteiger partial charge in [-0.05, 0) is 61.0 Å². The lowest BCUT2D eigenvalue weighted by Crippen LogP contribution is -2.33. The average molecular weight is 629 g/mol. The van der Waals surface area contributed by atoms with E-state index in [9.17, 15) is 19.5 Å². The number of aryl methyl sites for hydroxylation is 1. The zero-order valence-electron chi connectivity index (χ0n) is 25.4. The topological polar surface area (TPSA) is 77.9 Å². The molecule has 5 aromatic carbocycles. The molecule has 1 aliphatic rings. The third-order valence-corrected chi connectivity index (χ3v) is 8.11. The van der Waals surface area contributed by atoms with Crippen molar-refractivity contribution < 1.29 is 28.3 Å². The molecule has 234 valence electrons. The summed E-state index contributed by atoms with van der Waals surface area (Å²) in [5.41, 5.74) is 4.22. The summed E-state index contributed by atoms with van der Waals surface area (Å²) in [5.74, 6) is -5.76. The predicted molar refractivity (Wildman–Crippen MR) is 179 cm³/mol. The van der Waals surface area contributed by atoms with Gasteiger partial charge in [-0.2, -0.15) is 0 Å². The molecule has 1 N–H and O–H groups in total. The Bertz CT molecular complexity index is 2010. The molecule has 0 radical (unpaired) electrons. The standard InChI is InChI=1S/C39H30F2N2O4/c1-26-10-9-13-29(24-26)31-14-5-8-17-35(31)43(38(47)27-11-3-2-4-12-27)30-20-18-28(19-21-30)37(46)42-23-22-39(40,41)33(25-36(44)45)32-15-6-7-16-34(32)42/h2-21,24-25H,22-23H2,1H3,(H,44,45)/b33-25-. The molecule has 6 rings (SSSR count). The van der Waals surface area contributed by atoms with Crippen molar-refractivity contribution in [1.29, 1.82) is 0 Å². The Morgan fingerprint density at radius 3 is 2.13 bits per heavy atom. The maximum Gasteiger partial charge on any atom is 0.328 e. The van der Waals surface area contributed by atoms with Gasteiger partial charge in [0.25, 0.3) is 17.7 Å². The highest BCUT2D eigenvalue weighted by Gasteiger charge is 2.41. The minimum absolute atomic E-state index is 0.0187. The van der Waals surface area contributed by atoms with Crippen molar-refractivity contribution in [3.05, 3.63) is 156 Å². The summed E-state index contributed by atoms with van der Waals surface area (Å²) in [5, 5.41) is 9.31. The van der Waals surface area contributed by atoms with E-state index in [1.807, 2.05) is 61.5 Å². The summed E-state index contributed by atoms with van der Waals surface area (Å²) in [7, 11) is 0. The molecule has 0 bridgehead atoms. The molecule has 2 amide bonds. The lowest BCUT2D eigenvalue weighted by molar-refractivity contribution is -0.131. The first-order valence-electron chi connectivity index (χ1n) is 15.0. The van der Waals surface area contributed by atoms with Crippen LogP contribution in [0.5, 0.6) is 0 Å². The van der Waals surface area contributed by atoms with Gasteiger partial charge in [0.05, 0.1) is 11.4 Å². The van der Waals surface area contributed by atoms with E-state index in [2.05, 4.69) is 0 Å². The van der Waals surface area contributed by atoms with Crippen molar-refractivity contribution in [2.24, 2.45) is 0 Å². The fourth-order valence-electron chi connectivity index (χ4n) is 5.87. The van der Waals surface area contributed by atoms with Gasteiger partial charge >= 0.3 is 5.97 Å². The van der Waals surface area contributed by atoms with Gasteiger partial charge in [-0.15, -0.1) is 0 Å². The van der Waals surface area contributed by atoms with Crippen molar-refractivity contribution in [1.82, 2.24) is 0 Å². The molecule has 0 aromatic heterocycles. The van der Waals surface area contributed by atoms with Gasteiger partial charge < -0.3 is 10.0 Å². The molecule has 8 heteroatoms. The Labute approximate surface area is 270 Å². The number of allylic oxidation sites excluding steroid dienone is 1. The van der Waals surface area contributed by atoms with Crippen LogP contribution in [0.4, 0.5) is 25.8 Å². The molecule has 0 saturated heterocycles. The van der Waals surface area contributed by atoms with Gasteiger partial charge in [-0.25, -0.2) is 13.6 Å². The minimum Gasteiger partial charge on any atom is -0.478 e. The molecule has 0 aliphatic carbocycles. The van der Waals surface area contributed by atoms with Crippen LogP contribution in [0.3, 0.4) is 0 Å². The van der Waals surface area contributed by atoms with Crippen LogP contribution in [-0.2, 0) is 4.79 Å². The Morgan fingerprint density at radius 2 is 1.43 bits per heavy atom. The molecule has 5 aromatic rings. The SMILES string of the molecule is Cc1cccc(-c2ccccc2N(C(=O)c2ccccc2)c2ccc(C(=O)N3CCC(F)(F)/C(=C\C(=O)O)c4ccccc43)cc2)c1. The van der Waals surface area contributed by atoms with Crippen molar-refractivity contribution >= 4 is 40.4 Å². The summed E-state index contributed by atoms with van der Waals surface area (Å²) in [6, 6.07) is 37.0. The largest absolute Gasteiger partial charge is 0.478 e. The van der Waals surface area contributed by atoms with Gasteiger partial charge in [0.15, 0.2) is 0 Å². The third-order valence-electron chi connectivity index (χ3n) is 8.11. The highest BCUT2D eigenvalue weighted by Crippen LogP contribution is 2.43. The lowest BCUT2D eigenvalue weighted by Gasteiger charge is -2.27. The van der Waals surface area contributed by atoms with E-state index in [0.717, 1.165) is 16.7 Å². The number of benzene rings is 5. The number of halogens is 2. The number of alkyl halides is 2. The highest BCUT2D eigenvalue weighted by molar-refractivity contribution is 6.13. The number of amides is 2. The first-order chi connectivity index (χ1) is 22.6. The van der Waals surface area contributed by atoms with Gasteiger partial charge in [0, 0.05) is 52.6 Å². The second-order valence-electron chi connectivity index (χ2n) is 11.3. The van der Waals surface area contributed by atoms with Crippen molar-refractivity contribution in [2.75, 3.05) is 16.3 Å². The van der Waals surface area contributed by atoms with Crippen LogP contribution in [0.2, 0.25) is 0 Å². The zero-order chi connectivity index (χ0) is 33.1. The summed E-state index contributed by atoms with van der Waals surface area (Å²) >= 11 is 0. The number of aliphatic carboxylic acids is 1. The third kappa shape index (κ3) is 6.31. The number of nitrogens with zero attached hydrogens (tertiary/aromatic N) is 2. The monoisotopic (exact) mass is 628 g/mol. The summed E-state index contributed by atoms with van der Waals surface area (Å²) in [4.78, 5) is 42.3. The molecule has 0 saturated carbocycles. The highest BCUT2D eigenvalue weighted by atomic mass is 19.3. The van der Waals surface area contributed by atoms with Crippen LogP contribution in [-0.4, -0.2) is 35.4 Å². The van der Waals surface area contributed by atoms with Gasteiger partial charge in [-0.3, -0.25) is 14.5 Å². The second-order valence-corrected chi connectivity index (χ2v) is 11.3. The Balaban J connectivity index is 1.41. The second kappa shape index (κ2) is 12.8. The van der Waals surface area contributed by atoms with E-state index < -0.39 is 29.8 Å². The number of para-hydroxylation sites is 2. The van der Waals surface area contributed by atoms with Crippen LogP contribution in [0.25, 0.3) is 16.7 Å². The van der Waals surface area contributed by atoms with E-state index >= 15 is 8.78 Å². The number of hydrogen-bond donors (Lipinski definition) is 1. The minimum atomic E-state index is -3.46. The van der Waals surface area contributed by atoms with Crippen LogP contribution >= 0.6 is 0 Å². The number of anilines is 3. The fraction of sp³-hybridized carbons (Fsp3) is 0.103. The molecule has 1 aliphatic heterocycles. The summed E-state index contributed by atoms with van der Waals surface area (Å²) < 4.78 is 30.4. The molecule has 0 fully saturated rings. The van der Waals surface area contributed by atoms with E-state index in [1.54, 1.807) is 59.5 Å². The van der Waals surface area contributed by atoms with E-state index in [0.29, 0.717) is 23.0 Å². The number of carbonyl (C=O) groups is 3. The van der Waals surface area contributed by atoms with Gasteiger partial charge in [-0.1, -0.05) is 84.4 Å². The summed E-state index contributed by atoms with van der Waals surface area (Å²) in [6.45, 7) is 1.67. The molecular formula is C39H30F2N2O4. The van der Waals surface area contributed by atoms with Crippen LogP contribution in [0.1, 0.15) is 38.3 Å². The quantitative estimate of drug-likeness (QED) is 0.191. The molecule has 0 unspecified atom stereocenters. The molecule has 1 heterocycles. The number of fused-ring (bicyclic) bond motifs is 1. The van der Waals surface area contributed by atoms with E-state index in [1.165, 1.54) is 23.1 Å². The van der Waals surface area contributed by atoms with Gasteiger partial charge in [0.1, 0.15) is 0 Å². The van der Waals surface area contributed by atoms with E-state index in [-0.39, 0.29) is 29.3 Å². The van der Waals surface area contributed by atoms with Gasteiger partial charge in [0.2, 0.25) is 0 Å². The first kappa shape index (κ1) is 31.1. The van der Waals surface area contributed by atoms with Crippen molar-refractivity contribution in [3.8, 4) is 11.1 Å². The number of carbonyl (C=O) groups excluding carboxylic acids is 2. The maximum atomic E-state index is 15.2. The Morgan fingerprint density at radius 1 is 0.766 bits per heavy atom. The predicted octanol–water partition coefficient (Wildman–Crippen LogP) is 8.79. The van der Waals surface area contributed by atoms with E-state index in [4.69, 9.17) is 0 Å². The molecule has 6 nitrogen and oxygen atoms in total. The number of carboxylic acids is 1. The average Bonchev–Trinajstić information content (AvgIpc) is 3.18. The Hall–Kier alpha value is -5.89. The van der Waals surface area contributed by atoms with Crippen LogP contribution < -0.4 is 9.80 Å². The first-order valence-corrected chi connectivity index (χ1v) is 15.0. The van der Waals surface area contributed by atoms with Crippen molar-refractivity contribution in [2.45, 2.75) is 19.3 Å².